The number of thioether (sulfide) groups is 1. The highest BCUT2D eigenvalue weighted by molar-refractivity contribution is 8.27. The van der Waals surface area contributed by atoms with Gasteiger partial charge in [0, 0.05) is 15.7 Å². The van der Waals surface area contributed by atoms with Crippen LogP contribution in [0.25, 0.3) is 6.08 Å². The van der Waals surface area contributed by atoms with Crippen LogP contribution in [-0.4, -0.2) is 29.3 Å². The van der Waals surface area contributed by atoms with Crippen LogP contribution in [0.4, 0.5) is 11.4 Å². The van der Waals surface area contributed by atoms with Gasteiger partial charge in [-0.2, -0.15) is 0 Å². The normalized spacial score (nSPS) is 14.2. The molecule has 38 heavy (non-hydrogen) atoms. The Morgan fingerprint density at radius 1 is 1.00 bits per heavy atom. The molecule has 0 bridgehead atoms. The fraction of sp³-hybridized carbons (Fsp3) is 0.179. The van der Waals surface area contributed by atoms with Crippen molar-refractivity contribution in [3.8, 4) is 11.5 Å². The van der Waals surface area contributed by atoms with E-state index in [2.05, 4.69) is 5.32 Å². The summed E-state index contributed by atoms with van der Waals surface area (Å²) in [5.74, 6) is 0.290. The third-order valence-corrected chi connectivity index (χ3v) is 7.70. The Balaban J connectivity index is 1.48. The summed E-state index contributed by atoms with van der Waals surface area (Å²) in [7, 11) is 0. The van der Waals surface area contributed by atoms with Crippen molar-refractivity contribution in [2.45, 2.75) is 20.8 Å². The number of carbonyl (C=O) groups is 2. The van der Waals surface area contributed by atoms with E-state index in [0.717, 1.165) is 16.7 Å². The van der Waals surface area contributed by atoms with Crippen LogP contribution in [0.1, 0.15) is 23.6 Å². The number of hydrogen-bond donors (Lipinski definition) is 1. The van der Waals surface area contributed by atoms with E-state index in [1.165, 1.54) is 16.7 Å². The number of thiocarbonyl (C=S) groups is 1. The first-order valence-corrected chi connectivity index (χ1v) is 13.6. The smallest absolute Gasteiger partial charge is 0.270 e. The van der Waals surface area contributed by atoms with Crippen LogP contribution in [0.5, 0.6) is 11.5 Å². The number of aryl methyl sites for hydroxylation is 2. The Morgan fingerprint density at radius 2 is 1.71 bits per heavy atom. The van der Waals surface area contributed by atoms with Crippen molar-refractivity contribution in [1.82, 2.24) is 0 Å². The number of anilines is 2. The monoisotopic (exact) mass is 586 g/mol. The van der Waals surface area contributed by atoms with Crippen molar-refractivity contribution < 1.29 is 19.1 Å². The second kappa shape index (κ2) is 12.2. The molecular formula is C28H24Cl2N2O4S2. The zero-order chi connectivity index (χ0) is 27.4. The lowest BCUT2D eigenvalue weighted by atomic mass is 10.1. The molecule has 3 aromatic rings. The van der Waals surface area contributed by atoms with E-state index in [4.69, 9.17) is 44.9 Å². The number of rotatable bonds is 8. The lowest BCUT2D eigenvalue weighted by Gasteiger charge is -2.15. The van der Waals surface area contributed by atoms with E-state index in [1.807, 2.05) is 39.0 Å². The molecule has 1 fully saturated rings. The summed E-state index contributed by atoms with van der Waals surface area (Å²) >= 11 is 19.1. The first-order chi connectivity index (χ1) is 18.2. The minimum Gasteiger partial charge on any atom is -0.490 e. The average Bonchev–Trinajstić information content (AvgIpc) is 3.15. The van der Waals surface area contributed by atoms with Gasteiger partial charge in [-0.25, -0.2) is 0 Å². The maximum atomic E-state index is 13.2. The first kappa shape index (κ1) is 28.0. The molecule has 1 aliphatic heterocycles. The van der Waals surface area contributed by atoms with Gasteiger partial charge in [-0.05, 0) is 79.9 Å². The summed E-state index contributed by atoms with van der Waals surface area (Å²) in [4.78, 5) is 27.5. The second-order valence-electron chi connectivity index (χ2n) is 8.39. The van der Waals surface area contributed by atoms with Gasteiger partial charge in [0.1, 0.15) is 0 Å². The van der Waals surface area contributed by atoms with Gasteiger partial charge < -0.3 is 14.8 Å². The van der Waals surface area contributed by atoms with Crippen molar-refractivity contribution in [1.29, 1.82) is 0 Å². The predicted molar refractivity (Wildman–Crippen MR) is 160 cm³/mol. The van der Waals surface area contributed by atoms with Gasteiger partial charge in [-0.15, -0.1) is 0 Å². The second-order valence-corrected chi connectivity index (χ2v) is 10.9. The molecule has 10 heteroatoms. The molecule has 0 radical (unpaired) electrons. The lowest BCUT2D eigenvalue weighted by Crippen LogP contribution is -2.27. The number of nitrogens with zero attached hydrogens (tertiary/aromatic N) is 1. The Labute approximate surface area is 240 Å². The SMILES string of the molecule is CCOc1cc(/C=C2\SC(=S)N(c3ccc(C)c(Cl)c3)C2=O)ccc1OCC(=O)Nc1ccc(C)c(Cl)c1. The maximum Gasteiger partial charge on any atom is 0.270 e. The topological polar surface area (TPSA) is 67.9 Å². The number of hydrogen-bond acceptors (Lipinski definition) is 6. The molecule has 2 amide bonds. The van der Waals surface area contributed by atoms with Gasteiger partial charge in [0.15, 0.2) is 22.4 Å². The van der Waals surface area contributed by atoms with E-state index in [1.54, 1.807) is 42.5 Å². The molecule has 0 atom stereocenters. The molecule has 4 rings (SSSR count). The van der Waals surface area contributed by atoms with Gasteiger partial charge in [0.2, 0.25) is 0 Å². The number of benzene rings is 3. The first-order valence-electron chi connectivity index (χ1n) is 11.7. The van der Waals surface area contributed by atoms with E-state index in [-0.39, 0.29) is 18.4 Å². The highest BCUT2D eigenvalue weighted by Crippen LogP contribution is 2.38. The summed E-state index contributed by atoms with van der Waals surface area (Å²) < 4.78 is 11.9. The third-order valence-electron chi connectivity index (χ3n) is 5.59. The van der Waals surface area contributed by atoms with Crippen molar-refractivity contribution in [3.05, 3.63) is 86.2 Å². The zero-order valence-electron chi connectivity index (χ0n) is 20.8. The van der Waals surface area contributed by atoms with Crippen molar-refractivity contribution >= 4 is 80.8 Å². The molecule has 3 aromatic carbocycles. The van der Waals surface area contributed by atoms with Crippen LogP contribution in [0, 0.1) is 13.8 Å². The summed E-state index contributed by atoms with van der Waals surface area (Å²) in [5, 5.41) is 3.89. The van der Waals surface area contributed by atoms with Crippen LogP contribution in [-0.2, 0) is 9.59 Å². The van der Waals surface area contributed by atoms with Crippen molar-refractivity contribution in [3.63, 3.8) is 0 Å². The fourth-order valence-corrected chi connectivity index (χ4v) is 5.23. The molecular weight excluding hydrogens is 563 g/mol. The van der Waals surface area contributed by atoms with Crippen LogP contribution >= 0.6 is 47.2 Å². The summed E-state index contributed by atoms with van der Waals surface area (Å²) in [6.45, 7) is 5.80. The molecule has 196 valence electrons. The Bertz CT molecular complexity index is 1460. The molecule has 6 nitrogen and oxygen atoms in total. The number of halogens is 2. The molecule has 1 heterocycles. The van der Waals surface area contributed by atoms with E-state index in [0.29, 0.717) is 48.8 Å². The minimum absolute atomic E-state index is 0.220. The van der Waals surface area contributed by atoms with Gasteiger partial charge in [0.25, 0.3) is 11.8 Å². The Kier molecular flexibility index (Phi) is 8.99. The van der Waals surface area contributed by atoms with Crippen molar-refractivity contribution in [2.75, 3.05) is 23.4 Å². The van der Waals surface area contributed by atoms with Crippen LogP contribution in [0.15, 0.2) is 59.5 Å². The average molecular weight is 588 g/mol. The van der Waals surface area contributed by atoms with Gasteiger partial charge in [-0.3, -0.25) is 14.5 Å². The molecule has 0 aromatic heterocycles. The molecule has 0 spiro atoms. The summed E-state index contributed by atoms with van der Waals surface area (Å²) in [6, 6.07) is 15.9. The van der Waals surface area contributed by atoms with Crippen LogP contribution in [0.3, 0.4) is 0 Å². The number of nitrogens with one attached hydrogen (secondary N) is 1. The van der Waals surface area contributed by atoms with Gasteiger partial charge >= 0.3 is 0 Å². The van der Waals surface area contributed by atoms with Crippen molar-refractivity contribution in [2.24, 2.45) is 0 Å². The standard InChI is InChI=1S/C28H24Cl2N2O4S2/c1-4-35-24-11-18(7-10-23(24)36-15-26(33)31-19-8-5-16(2)21(29)13-19)12-25-27(34)32(28(37)38-25)20-9-6-17(3)22(30)14-20/h5-14H,4,15H2,1-3H3,(H,31,33)/b25-12-. The van der Waals surface area contributed by atoms with E-state index >= 15 is 0 Å². The molecule has 0 unspecified atom stereocenters. The quantitative estimate of drug-likeness (QED) is 0.218. The molecule has 1 saturated heterocycles. The summed E-state index contributed by atoms with van der Waals surface area (Å²) in [6.07, 6.45) is 1.75. The Hall–Kier alpha value is -3.04. The third kappa shape index (κ3) is 6.50. The number of carbonyl (C=O) groups excluding carboxylic acids is 2. The molecule has 0 aliphatic carbocycles. The van der Waals surface area contributed by atoms with Crippen LogP contribution < -0.4 is 19.7 Å². The predicted octanol–water partition coefficient (Wildman–Crippen LogP) is 7.43. The zero-order valence-corrected chi connectivity index (χ0v) is 24.0. The fourth-order valence-electron chi connectivity index (χ4n) is 3.58. The molecule has 1 N–H and O–H groups in total. The largest absolute Gasteiger partial charge is 0.490 e. The highest BCUT2D eigenvalue weighted by atomic mass is 35.5. The summed E-state index contributed by atoms with van der Waals surface area (Å²) in [5.41, 5.74) is 3.77. The number of ether oxygens (including phenoxy) is 2. The van der Waals surface area contributed by atoms with Gasteiger partial charge in [-0.1, -0.05) is 65.4 Å². The van der Waals surface area contributed by atoms with Crippen LogP contribution in [0.2, 0.25) is 10.0 Å². The molecule has 1 aliphatic rings. The van der Waals surface area contributed by atoms with E-state index < -0.39 is 0 Å². The Morgan fingerprint density at radius 3 is 2.39 bits per heavy atom. The minimum atomic E-state index is -0.337. The number of amides is 2. The van der Waals surface area contributed by atoms with Gasteiger partial charge in [0.05, 0.1) is 17.2 Å². The lowest BCUT2D eigenvalue weighted by molar-refractivity contribution is -0.118. The molecule has 0 saturated carbocycles. The highest BCUT2D eigenvalue weighted by Gasteiger charge is 2.33. The maximum absolute atomic E-state index is 13.2. The van der Waals surface area contributed by atoms with E-state index in [9.17, 15) is 9.59 Å².